The average molecular weight is 316 g/mol. The summed E-state index contributed by atoms with van der Waals surface area (Å²) in [4.78, 5) is 28.9. The van der Waals surface area contributed by atoms with E-state index < -0.39 is 11.6 Å². The maximum Gasteiger partial charge on any atom is 0.222 e. The van der Waals surface area contributed by atoms with Gasteiger partial charge in [-0.05, 0) is 23.8 Å². The van der Waals surface area contributed by atoms with Crippen LogP contribution in [0.1, 0.15) is 23.3 Å². The van der Waals surface area contributed by atoms with E-state index in [-0.39, 0.29) is 30.2 Å². The smallest absolute Gasteiger partial charge is 0.222 e. The second-order valence-corrected chi connectivity index (χ2v) is 5.31. The molecule has 0 unspecified atom stereocenters. The molecule has 0 aliphatic carbocycles. The summed E-state index contributed by atoms with van der Waals surface area (Å²) in [5.74, 6) is -1.27. The number of benzene rings is 1. The third-order valence-electron chi connectivity index (χ3n) is 3.35. The van der Waals surface area contributed by atoms with E-state index in [1.165, 1.54) is 29.3 Å². The molecule has 0 radical (unpaired) electrons. The van der Waals surface area contributed by atoms with Crippen molar-refractivity contribution in [1.82, 2.24) is 9.88 Å². The van der Waals surface area contributed by atoms with Crippen LogP contribution in [0.2, 0.25) is 0 Å². The first-order valence-electron chi connectivity index (χ1n) is 7.07. The maximum atomic E-state index is 13.2. The molecule has 1 amide bonds. The number of pyridine rings is 1. The van der Waals surface area contributed by atoms with E-state index in [1.54, 1.807) is 26.2 Å². The Morgan fingerprint density at radius 3 is 2.52 bits per heavy atom. The molecule has 6 heteroatoms. The lowest BCUT2D eigenvalue weighted by atomic mass is 10.0. The molecule has 1 aromatic carbocycles. The second kappa shape index (κ2) is 7.00. The molecule has 0 saturated heterocycles. The topological polar surface area (TPSA) is 70.5 Å². The Hall–Kier alpha value is -2.76. The number of halogens is 1. The number of carbonyl (C=O) groups is 2. The van der Waals surface area contributed by atoms with Crippen molar-refractivity contribution in [2.24, 2.45) is 0 Å². The number of aromatic nitrogens is 1. The van der Waals surface area contributed by atoms with Crippen molar-refractivity contribution >= 4 is 11.7 Å². The third kappa shape index (κ3) is 4.12. The van der Waals surface area contributed by atoms with Crippen molar-refractivity contribution in [2.75, 3.05) is 14.1 Å². The van der Waals surface area contributed by atoms with Gasteiger partial charge in [-0.15, -0.1) is 0 Å². The van der Waals surface area contributed by atoms with Crippen molar-refractivity contribution in [2.45, 2.75) is 12.8 Å². The molecular formula is C17H17FN2O3. The van der Waals surface area contributed by atoms with Crippen LogP contribution in [0.15, 0.2) is 36.5 Å². The minimum atomic E-state index is -0.413. The van der Waals surface area contributed by atoms with Gasteiger partial charge >= 0.3 is 0 Å². The fourth-order valence-corrected chi connectivity index (χ4v) is 2.06. The van der Waals surface area contributed by atoms with Crippen molar-refractivity contribution in [3.8, 4) is 16.9 Å². The van der Waals surface area contributed by atoms with Crippen LogP contribution in [-0.4, -0.2) is 40.8 Å². The fraction of sp³-hybridized carbons (Fsp3) is 0.235. The quantitative estimate of drug-likeness (QED) is 0.861. The molecule has 1 heterocycles. The fourth-order valence-electron chi connectivity index (χ4n) is 2.06. The molecule has 0 aliphatic heterocycles. The number of aromatic hydroxyl groups is 1. The Kier molecular flexibility index (Phi) is 5.05. The Labute approximate surface area is 133 Å². The number of carbonyl (C=O) groups excluding carboxylic acids is 2. The highest BCUT2D eigenvalue weighted by Gasteiger charge is 2.16. The van der Waals surface area contributed by atoms with Gasteiger partial charge in [0.1, 0.15) is 17.3 Å². The largest absolute Gasteiger partial charge is 0.506 e. The van der Waals surface area contributed by atoms with Crippen molar-refractivity contribution in [3.63, 3.8) is 0 Å². The van der Waals surface area contributed by atoms with Crippen LogP contribution in [-0.2, 0) is 4.79 Å². The van der Waals surface area contributed by atoms with Crippen LogP contribution in [0.25, 0.3) is 11.1 Å². The molecule has 1 aromatic heterocycles. The lowest BCUT2D eigenvalue weighted by Crippen LogP contribution is -2.22. The summed E-state index contributed by atoms with van der Waals surface area (Å²) in [5, 5.41) is 9.99. The second-order valence-electron chi connectivity index (χ2n) is 5.31. The molecule has 0 spiro atoms. The predicted molar refractivity (Wildman–Crippen MR) is 83.6 cm³/mol. The van der Waals surface area contributed by atoms with E-state index in [2.05, 4.69) is 4.98 Å². The summed E-state index contributed by atoms with van der Waals surface area (Å²) in [7, 11) is 3.21. The Bertz CT molecular complexity index is 744. The first-order chi connectivity index (χ1) is 10.9. The highest BCUT2D eigenvalue weighted by molar-refractivity contribution is 5.98. The van der Waals surface area contributed by atoms with E-state index in [4.69, 9.17) is 0 Å². The van der Waals surface area contributed by atoms with Crippen LogP contribution in [0, 0.1) is 5.82 Å². The number of nitrogens with zero attached hydrogens (tertiary/aromatic N) is 2. The zero-order chi connectivity index (χ0) is 17.0. The lowest BCUT2D eigenvalue weighted by Gasteiger charge is -2.10. The molecule has 0 saturated carbocycles. The molecule has 0 aliphatic rings. The number of hydrogen-bond acceptors (Lipinski definition) is 4. The van der Waals surface area contributed by atoms with E-state index >= 15 is 0 Å². The highest BCUT2D eigenvalue weighted by atomic mass is 19.1. The van der Waals surface area contributed by atoms with Gasteiger partial charge in [-0.3, -0.25) is 9.59 Å². The number of rotatable bonds is 5. The van der Waals surface area contributed by atoms with Crippen molar-refractivity contribution < 1.29 is 19.1 Å². The zero-order valence-corrected chi connectivity index (χ0v) is 12.9. The van der Waals surface area contributed by atoms with E-state index in [0.717, 1.165) is 0 Å². The molecule has 0 atom stereocenters. The minimum absolute atomic E-state index is 0.0309. The molecule has 5 nitrogen and oxygen atoms in total. The van der Waals surface area contributed by atoms with Gasteiger partial charge in [0, 0.05) is 38.7 Å². The van der Waals surface area contributed by atoms with E-state index in [0.29, 0.717) is 11.1 Å². The summed E-state index contributed by atoms with van der Waals surface area (Å²) in [6.45, 7) is 0. The molecular weight excluding hydrogens is 299 g/mol. The van der Waals surface area contributed by atoms with E-state index in [9.17, 15) is 19.1 Å². The van der Waals surface area contributed by atoms with Crippen LogP contribution >= 0.6 is 0 Å². The summed E-state index contributed by atoms with van der Waals surface area (Å²) in [5.41, 5.74) is 0.967. The first-order valence-corrected chi connectivity index (χ1v) is 7.07. The monoisotopic (exact) mass is 316 g/mol. The van der Waals surface area contributed by atoms with Gasteiger partial charge in [-0.1, -0.05) is 12.1 Å². The Morgan fingerprint density at radius 2 is 1.91 bits per heavy atom. The van der Waals surface area contributed by atoms with Crippen molar-refractivity contribution in [3.05, 3.63) is 48.0 Å². The zero-order valence-electron chi connectivity index (χ0n) is 12.9. The molecule has 120 valence electrons. The number of amides is 1. The van der Waals surface area contributed by atoms with Crippen LogP contribution in [0.5, 0.6) is 5.75 Å². The van der Waals surface area contributed by atoms with Gasteiger partial charge in [-0.25, -0.2) is 9.37 Å². The predicted octanol–water partition coefficient (Wildman–Crippen LogP) is 2.64. The van der Waals surface area contributed by atoms with Crippen LogP contribution < -0.4 is 0 Å². The third-order valence-corrected chi connectivity index (χ3v) is 3.35. The van der Waals surface area contributed by atoms with Crippen LogP contribution in [0.3, 0.4) is 0 Å². The Morgan fingerprint density at radius 1 is 1.17 bits per heavy atom. The van der Waals surface area contributed by atoms with Gasteiger partial charge in [-0.2, -0.15) is 0 Å². The average Bonchev–Trinajstić information content (AvgIpc) is 2.52. The SMILES string of the molecule is CN(C)C(=O)CCC(=O)c1ncc(-c2cccc(F)c2)cc1O. The standard InChI is InChI=1S/C17H17FN2O3/c1-20(2)16(23)7-6-14(21)17-15(22)9-12(10-19-17)11-4-3-5-13(18)8-11/h3-5,8-10,22H,6-7H2,1-2H3. The minimum Gasteiger partial charge on any atom is -0.506 e. The van der Waals surface area contributed by atoms with Gasteiger partial charge < -0.3 is 10.0 Å². The molecule has 23 heavy (non-hydrogen) atoms. The molecule has 0 bridgehead atoms. The number of ketones is 1. The molecule has 1 N–H and O–H groups in total. The molecule has 0 fully saturated rings. The van der Waals surface area contributed by atoms with E-state index in [1.807, 2.05) is 0 Å². The normalized spacial score (nSPS) is 10.4. The molecule has 2 aromatic rings. The summed E-state index contributed by atoms with van der Waals surface area (Å²) in [6, 6.07) is 7.22. The summed E-state index contributed by atoms with van der Waals surface area (Å²) < 4.78 is 13.2. The van der Waals surface area contributed by atoms with Gasteiger partial charge in [0.05, 0.1) is 0 Å². The van der Waals surface area contributed by atoms with Crippen LogP contribution in [0.4, 0.5) is 4.39 Å². The lowest BCUT2D eigenvalue weighted by molar-refractivity contribution is -0.128. The van der Waals surface area contributed by atoms with Gasteiger partial charge in [0.2, 0.25) is 5.91 Å². The first kappa shape index (κ1) is 16.6. The maximum absolute atomic E-state index is 13.2. The highest BCUT2D eigenvalue weighted by Crippen LogP contribution is 2.26. The van der Waals surface area contributed by atoms with Crippen molar-refractivity contribution in [1.29, 1.82) is 0 Å². The Balaban J connectivity index is 2.16. The summed E-state index contributed by atoms with van der Waals surface area (Å²) >= 11 is 0. The summed E-state index contributed by atoms with van der Waals surface area (Å²) in [6.07, 6.45) is 1.42. The molecule has 2 rings (SSSR count). The van der Waals surface area contributed by atoms with Gasteiger partial charge in [0.15, 0.2) is 5.78 Å². The number of hydrogen-bond donors (Lipinski definition) is 1. The van der Waals surface area contributed by atoms with Gasteiger partial charge in [0.25, 0.3) is 0 Å². The number of Topliss-reactive ketones (excluding diaryl/α,β-unsaturated/α-hetero) is 1.